The fraction of sp³-hybridized carbons (Fsp3) is 0.385. The maximum atomic E-state index is 13.9. The number of benzene rings is 2. The van der Waals surface area contributed by atoms with Crippen LogP contribution in [0.2, 0.25) is 0 Å². The third-order valence-electron chi connectivity index (χ3n) is 6.52. The lowest BCUT2D eigenvalue weighted by molar-refractivity contribution is -0.145. The predicted octanol–water partition coefficient (Wildman–Crippen LogP) is 2.90. The first-order valence-electron chi connectivity index (χ1n) is 12.1. The molecule has 0 aliphatic carbocycles. The molecule has 0 fully saturated rings. The van der Waals surface area contributed by atoms with Crippen LogP contribution < -0.4 is 21.3 Å². The molecule has 4 rings (SSSR count). The number of hydrogen-bond acceptors (Lipinski definition) is 8. The Morgan fingerprint density at radius 3 is 1.58 bits per heavy atom. The van der Waals surface area contributed by atoms with Crippen LogP contribution in [0, 0.1) is 18.8 Å². The zero-order chi connectivity index (χ0) is 27.4. The molecule has 0 amide bonds. The monoisotopic (exact) mass is 752 g/mol. The fourth-order valence-corrected chi connectivity index (χ4v) is 5.53. The number of nitrogens with two attached hydrogens (primary N) is 2. The van der Waals surface area contributed by atoms with E-state index in [0.29, 0.717) is 46.2 Å². The van der Waals surface area contributed by atoms with E-state index in [9.17, 15) is 18.4 Å². The van der Waals surface area contributed by atoms with Gasteiger partial charge < -0.3 is 30.7 Å². The summed E-state index contributed by atoms with van der Waals surface area (Å²) in [5.74, 6) is -1.95. The van der Waals surface area contributed by atoms with Crippen molar-refractivity contribution in [2.45, 2.75) is 25.0 Å². The van der Waals surface area contributed by atoms with Gasteiger partial charge in [0.15, 0.2) is 0 Å². The Morgan fingerprint density at radius 2 is 1.21 bits per heavy atom. The second-order valence-corrected chi connectivity index (χ2v) is 11.4. The van der Waals surface area contributed by atoms with Crippen LogP contribution in [0.15, 0.2) is 36.4 Å². The van der Waals surface area contributed by atoms with Crippen LogP contribution in [0.25, 0.3) is 0 Å². The standard InChI is InChI=1S/C26H28F2I2N4O4/c27-19-7-15-3-5-33(23(15)9-21(19)29)13-17(11-31)37-25(35)1-2-26(36)38-18(12-32)14-34-6-4-16-8-20(28)22(30)10-24(16)34/h1-2,7-10,17-18H,3-6,11-14,31-32H2/b2-1+. The minimum Gasteiger partial charge on any atom is -0.456 e. The summed E-state index contributed by atoms with van der Waals surface area (Å²) in [6, 6.07) is 6.62. The van der Waals surface area contributed by atoms with Gasteiger partial charge in [-0.3, -0.25) is 0 Å². The van der Waals surface area contributed by atoms with E-state index in [-0.39, 0.29) is 24.7 Å². The van der Waals surface area contributed by atoms with Crippen LogP contribution in [0.4, 0.5) is 20.2 Å². The van der Waals surface area contributed by atoms with Crippen LogP contribution in [0.1, 0.15) is 11.1 Å². The molecule has 0 aromatic heterocycles. The number of hydrogen-bond donors (Lipinski definition) is 2. The summed E-state index contributed by atoms with van der Waals surface area (Å²) < 4.78 is 39.6. The molecule has 2 unspecified atom stereocenters. The molecule has 0 saturated carbocycles. The normalized spacial score (nSPS) is 15.9. The zero-order valence-corrected chi connectivity index (χ0v) is 24.8. The second-order valence-electron chi connectivity index (χ2n) is 9.10. The number of fused-ring (bicyclic) bond motifs is 2. The molecule has 2 atom stereocenters. The second kappa shape index (κ2) is 12.9. The Labute approximate surface area is 247 Å². The van der Waals surface area contributed by atoms with Gasteiger partial charge in [0.05, 0.1) is 20.2 Å². The van der Waals surface area contributed by atoms with Crippen LogP contribution in [-0.2, 0) is 31.9 Å². The molecule has 38 heavy (non-hydrogen) atoms. The van der Waals surface area contributed by atoms with Crippen LogP contribution in [0.3, 0.4) is 0 Å². The highest BCUT2D eigenvalue weighted by atomic mass is 127. The molecule has 2 aliphatic heterocycles. The first kappa shape index (κ1) is 29.0. The number of carbonyl (C=O) groups excluding carboxylic acids is 2. The Bertz CT molecular complexity index is 1150. The maximum Gasteiger partial charge on any atom is 0.331 e. The van der Waals surface area contributed by atoms with Crippen molar-refractivity contribution in [1.82, 2.24) is 0 Å². The maximum absolute atomic E-state index is 13.9. The van der Waals surface area contributed by atoms with Crippen molar-refractivity contribution in [1.29, 1.82) is 0 Å². The van der Waals surface area contributed by atoms with Gasteiger partial charge in [-0.05, 0) is 93.4 Å². The van der Waals surface area contributed by atoms with Crippen molar-refractivity contribution >= 4 is 68.5 Å². The van der Waals surface area contributed by atoms with E-state index in [1.54, 1.807) is 12.1 Å². The molecule has 0 spiro atoms. The number of anilines is 2. The third kappa shape index (κ3) is 6.93. The SMILES string of the molecule is NCC(CN1CCc2cc(F)c(I)cc21)OC(=O)/C=C/C(=O)OC(CN)CN1CCc2cc(F)c(I)cc21. The molecule has 2 heterocycles. The molecule has 2 aromatic carbocycles. The predicted molar refractivity (Wildman–Crippen MR) is 157 cm³/mol. The summed E-state index contributed by atoms with van der Waals surface area (Å²) in [6.07, 6.45) is 2.17. The summed E-state index contributed by atoms with van der Waals surface area (Å²) in [4.78, 5) is 28.7. The molecule has 8 nitrogen and oxygen atoms in total. The van der Waals surface area contributed by atoms with E-state index >= 15 is 0 Å². The summed E-state index contributed by atoms with van der Waals surface area (Å²) in [7, 11) is 0. The van der Waals surface area contributed by atoms with E-state index in [1.165, 1.54) is 12.1 Å². The molecule has 0 bridgehead atoms. The van der Waals surface area contributed by atoms with Crippen molar-refractivity contribution in [2.75, 3.05) is 49.1 Å². The Hall–Kier alpha value is -2.04. The van der Waals surface area contributed by atoms with Gasteiger partial charge >= 0.3 is 11.9 Å². The van der Waals surface area contributed by atoms with Crippen LogP contribution in [-0.4, -0.2) is 63.4 Å². The first-order chi connectivity index (χ1) is 18.2. The number of halogens is 4. The van der Waals surface area contributed by atoms with Gasteiger partial charge in [0.2, 0.25) is 0 Å². The minimum atomic E-state index is -0.722. The van der Waals surface area contributed by atoms with Gasteiger partial charge in [0.1, 0.15) is 23.8 Å². The highest BCUT2D eigenvalue weighted by molar-refractivity contribution is 14.1. The molecule has 2 aliphatic rings. The molecule has 2 aromatic rings. The van der Waals surface area contributed by atoms with E-state index in [1.807, 2.05) is 55.0 Å². The van der Waals surface area contributed by atoms with Crippen LogP contribution in [0.5, 0.6) is 0 Å². The fourth-order valence-electron chi connectivity index (χ4n) is 4.63. The van der Waals surface area contributed by atoms with E-state index in [0.717, 1.165) is 34.7 Å². The highest BCUT2D eigenvalue weighted by Gasteiger charge is 2.26. The number of ether oxygens (including phenoxy) is 2. The topological polar surface area (TPSA) is 111 Å². The van der Waals surface area contributed by atoms with E-state index in [4.69, 9.17) is 20.9 Å². The number of nitrogens with zero attached hydrogens (tertiary/aromatic N) is 2. The summed E-state index contributed by atoms with van der Waals surface area (Å²) in [6.45, 7) is 2.21. The smallest absolute Gasteiger partial charge is 0.331 e. The zero-order valence-electron chi connectivity index (χ0n) is 20.5. The molecule has 0 radical (unpaired) electrons. The van der Waals surface area contributed by atoms with Crippen molar-refractivity contribution in [3.05, 3.63) is 66.3 Å². The lowest BCUT2D eigenvalue weighted by atomic mass is 10.1. The van der Waals surface area contributed by atoms with Gasteiger partial charge in [-0.25, -0.2) is 18.4 Å². The van der Waals surface area contributed by atoms with Gasteiger partial charge in [0, 0.05) is 49.7 Å². The average Bonchev–Trinajstić information content (AvgIpc) is 3.45. The van der Waals surface area contributed by atoms with Gasteiger partial charge in [-0.15, -0.1) is 0 Å². The number of rotatable bonds is 10. The highest BCUT2D eigenvalue weighted by Crippen LogP contribution is 2.32. The van der Waals surface area contributed by atoms with E-state index in [2.05, 4.69) is 0 Å². The van der Waals surface area contributed by atoms with Gasteiger partial charge in [-0.2, -0.15) is 0 Å². The summed E-state index contributed by atoms with van der Waals surface area (Å²) >= 11 is 3.89. The summed E-state index contributed by atoms with van der Waals surface area (Å²) in [5.41, 5.74) is 15.3. The lowest BCUT2D eigenvalue weighted by Crippen LogP contribution is -2.39. The molecule has 0 saturated heterocycles. The van der Waals surface area contributed by atoms with Crippen molar-refractivity contribution in [3.63, 3.8) is 0 Å². The Kier molecular flexibility index (Phi) is 9.81. The molecular weight excluding hydrogens is 724 g/mol. The quantitative estimate of drug-likeness (QED) is 0.217. The molecule has 12 heteroatoms. The number of esters is 2. The van der Waals surface area contributed by atoms with E-state index < -0.39 is 24.1 Å². The van der Waals surface area contributed by atoms with Crippen LogP contribution >= 0.6 is 45.2 Å². The van der Waals surface area contributed by atoms with Crippen molar-refractivity contribution < 1.29 is 27.8 Å². The van der Waals surface area contributed by atoms with Crippen molar-refractivity contribution in [2.24, 2.45) is 11.5 Å². The first-order valence-corrected chi connectivity index (χ1v) is 14.3. The largest absolute Gasteiger partial charge is 0.456 e. The van der Waals surface area contributed by atoms with Crippen molar-refractivity contribution in [3.8, 4) is 0 Å². The van der Waals surface area contributed by atoms with Gasteiger partial charge in [0.25, 0.3) is 0 Å². The summed E-state index contributed by atoms with van der Waals surface area (Å²) in [5, 5.41) is 0. The Balaban J connectivity index is 1.28. The third-order valence-corrected chi connectivity index (χ3v) is 8.17. The molecular formula is C26H28F2I2N4O4. The number of carbonyl (C=O) groups is 2. The minimum absolute atomic E-state index is 0.0868. The molecule has 4 N–H and O–H groups in total. The van der Waals surface area contributed by atoms with Gasteiger partial charge in [-0.1, -0.05) is 0 Å². The average molecular weight is 752 g/mol. The molecule has 204 valence electrons. The lowest BCUT2D eigenvalue weighted by Gasteiger charge is -2.25. The Morgan fingerprint density at radius 1 is 0.816 bits per heavy atom.